The number of halogens is 4. The van der Waals surface area contributed by atoms with Crippen molar-refractivity contribution in [3.8, 4) is 5.75 Å². The number of nitrogens with one attached hydrogen (secondary N) is 2. The highest BCUT2D eigenvalue weighted by Crippen LogP contribution is 2.32. The molecule has 2 heterocycles. The Morgan fingerprint density at radius 1 is 1.35 bits per heavy atom. The highest BCUT2D eigenvalue weighted by molar-refractivity contribution is 6.44. The minimum Gasteiger partial charge on any atom is -0.497 e. The summed E-state index contributed by atoms with van der Waals surface area (Å²) in [5.41, 5.74) is 0.0648. The predicted molar refractivity (Wildman–Crippen MR) is 110 cm³/mol. The number of nitrogens with zero attached hydrogens (tertiary/aromatic N) is 2. The van der Waals surface area contributed by atoms with Gasteiger partial charge in [-0.25, -0.2) is 4.98 Å². The van der Waals surface area contributed by atoms with Gasteiger partial charge in [0.2, 0.25) is 5.78 Å². The molecule has 0 aliphatic carbocycles. The first kappa shape index (κ1) is 22.4. The zero-order valence-corrected chi connectivity index (χ0v) is 17.0. The molecule has 1 aromatic heterocycles. The number of carbonyl (C=O) groups excluding carboxylic acids is 1. The van der Waals surface area contributed by atoms with Crippen molar-refractivity contribution in [2.24, 2.45) is 5.16 Å². The van der Waals surface area contributed by atoms with E-state index in [9.17, 15) is 18.0 Å². The quantitative estimate of drug-likeness (QED) is 0.571. The second kappa shape index (κ2) is 9.69. The van der Waals surface area contributed by atoms with Crippen LogP contribution in [-0.2, 0) is 15.8 Å². The van der Waals surface area contributed by atoms with Crippen LogP contribution in [0.25, 0.3) is 0 Å². The van der Waals surface area contributed by atoms with E-state index >= 15 is 0 Å². The van der Waals surface area contributed by atoms with Crippen LogP contribution in [-0.4, -0.2) is 36.2 Å². The van der Waals surface area contributed by atoms with E-state index in [1.54, 1.807) is 31.4 Å². The number of benzene rings is 1. The van der Waals surface area contributed by atoms with Crippen molar-refractivity contribution in [3.63, 3.8) is 0 Å². The van der Waals surface area contributed by atoms with E-state index in [-0.39, 0.29) is 35.3 Å². The Hall–Kier alpha value is -3.27. The average Bonchev–Trinajstić information content (AvgIpc) is 3.22. The minimum absolute atomic E-state index is 0.0848. The molecule has 1 atom stereocenters. The summed E-state index contributed by atoms with van der Waals surface area (Å²) in [6.07, 6.45) is -1.27. The Bertz CT molecular complexity index is 994. The molecule has 0 saturated heterocycles. The number of carbonyl (C=O) groups is 1. The molecule has 7 nitrogen and oxygen atoms in total. The summed E-state index contributed by atoms with van der Waals surface area (Å²) in [6.45, 7) is 0.159. The lowest BCUT2D eigenvalue weighted by molar-refractivity contribution is -0.137. The normalized spacial score (nSPS) is 16.0. The zero-order chi connectivity index (χ0) is 22.4. The van der Waals surface area contributed by atoms with Gasteiger partial charge in [-0.1, -0.05) is 16.8 Å². The first-order valence-electron chi connectivity index (χ1n) is 9.07. The van der Waals surface area contributed by atoms with Crippen LogP contribution in [0.3, 0.4) is 0 Å². The summed E-state index contributed by atoms with van der Waals surface area (Å²) in [7, 11) is 1.57. The van der Waals surface area contributed by atoms with Crippen molar-refractivity contribution in [3.05, 3.63) is 59.4 Å². The van der Waals surface area contributed by atoms with Crippen LogP contribution < -0.4 is 15.4 Å². The molecule has 1 aromatic carbocycles. The van der Waals surface area contributed by atoms with E-state index in [2.05, 4.69) is 20.8 Å². The Kier molecular flexibility index (Phi) is 7.01. The molecule has 2 N–H and O–H groups in total. The first-order chi connectivity index (χ1) is 14.8. The maximum atomic E-state index is 12.7. The van der Waals surface area contributed by atoms with Crippen LogP contribution in [0, 0.1) is 0 Å². The van der Waals surface area contributed by atoms with Crippen LogP contribution >= 0.6 is 11.6 Å². The number of alkyl halides is 3. The van der Waals surface area contributed by atoms with Crippen molar-refractivity contribution < 1.29 is 27.5 Å². The molecule has 0 radical (unpaired) electrons. The van der Waals surface area contributed by atoms with Gasteiger partial charge in [-0.15, -0.1) is 0 Å². The van der Waals surface area contributed by atoms with Crippen molar-refractivity contribution in [2.45, 2.75) is 18.7 Å². The lowest BCUT2D eigenvalue weighted by atomic mass is 10.1. The third-order valence-corrected chi connectivity index (χ3v) is 4.55. The number of allylic oxidation sites excluding steroid dienone is 1. The van der Waals surface area contributed by atoms with Crippen LogP contribution in [0.1, 0.15) is 12.0 Å². The number of anilines is 2. The van der Waals surface area contributed by atoms with Crippen LogP contribution in [0.2, 0.25) is 5.02 Å². The largest absolute Gasteiger partial charge is 0.497 e. The first-order valence-corrected chi connectivity index (χ1v) is 9.45. The number of rotatable bonds is 8. The van der Waals surface area contributed by atoms with Crippen LogP contribution in [0.4, 0.5) is 24.7 Å². The molecule has 0 amide bonds. The van der Waals surface area contributed by atoms with E-state index in [0.717, 1.165) is 17.5 Å². The van der Waals surface area contributed by atoms with E-state index in [1.165, 1.54) is 12.3 Å². The average molecular weight is 455 g/mol. The van der Waals surface area contributed by atoms with E-state index in [0.29, 0.717) is 6.20 Å². The zero-order valence-electron chi connectivity index (χ0n) is 16.2. The molecule has 31 heavy (non-hydrogen) atoms. The Morgan fingerprint density at radius 2 is 2.10 bits per heavy atom. The monoisotopic (exact) mass is 454 g/mol. The Balaban J connectivity index is 1.46. The van der Waals surface area contributed by atoms with Crippen LogP contribution in [0.15, 0.2) is 54.0 Å². The molecule has 164 valence electrons. The van der Waals surface area contributed by atoms with Gasteiger partial charge >= 0.3 is 6.18 Å². The molecule has 0 fully saturated rings. The molecule has 1 aliphatic heterocycles. The predicted octanol–water partition coefficient (Wildman–Crippen LogP) is 4.51. The second-order valence-corrected chi connectivity index (χ2v) is 6.88. The maximum absolute atomic E-state index is 12.7. The van der Waals surface area contributed by atoms with Gasteiger partial charge in [0.1, 0.15) is 17.3 Å². The summed E-state index contributed by atoms with van der Waals surface area (Å²) in [6, 6.07) is 7.95. The summed E-state index contributed by atoms with van der Waals surface area (Å²) < 4.78 is 43.1. The molecule has 1 aliphatic rings. The highest BCUT2D eigenvalue weighted by Gasteiger charge is 2.32. The minimum atomic E-state index is -4.53. The number of oxime groups is 1. The van der Waals surface area contributed by atoms with Gasteiger partial charge in [0.25, 0.3) is 0 Å². The van der Waals surface area contributed by atoms with Gasteiger partial charge in [0.15, 0.2) is 6.10 Å². The van der Waals surface area contributed by atoms with Gasteiger partial charge in [-0.2, -0.15) is 13.2 Å². The molecular formula is C20H18ClF3N4O3. The number of methoxy groups -OCH3 is 1. The van der Waals surface area contributed by atoms with Crippen molar-refractivity contribution in [2.75, 3.05) is 24.3 Å². The second-order valence-electron chi connectivity index (χ2n) is 6.47. The van der Waals surface area contributed by atoms with Crippen LogP contribution in [0.5, 0.6) is 5.75 Å². The molecule has 3 rings (SSSR count). The van der Waals surface area contributed by atoms with Gasteiger partial charge in [-0.05, 0) is 30.3 Å². The Morgan fingerprint density at radius 3 is 2.74 bits per heavy atom. The molecule has 11 heteroatoms. The number of ether oxygens (including phenoxy) is 1. The van der Waals surface area contributed by atoms with Gasteiger partial charge in [0.05, 0.1) is 24.2 Å². The van der Waals surface area contributed by atoms with E-state index < -0.39 is 17.8 Å². The third kappa shape index (κ3) is 6.11. The van der Waals surface area contributed by atoms with Crippen molar-refractivity contribution in [1.29, 1.82) is 0 Å². The van der Waals surface area contributed by atoms with Gasteiger partial charge in [-0.3, -0.25) is 4.79 Å². The lowest BCUT2D eigenvalue weighted by Gasteiger charge is -2.13. The van der Waals surface area contributed by atoms with Crippen molar-refractivity contribution in [1.82, 2.24) is 4.98 Å². The SMILES string of the molecule is COc1ccc(N/C=C/C(=O)C2=NO[C@@H](CNc3ncc(C(F)(F)F)cc3Cl)C2)cc1. The van der Waals surface area contributed by atoms with Gasteiger partial charge in [0, 0.05) is 30.6 Å². The lowest BCUT2D eigenvalue weighted by Crippen LogP contribution is -2.22. The third-order valence-electron chi connectivity index (χ3n) is 4.26. The number of hydrogen-bond acceptors (Lipinski definition) is 7. The number of hydrogen-bond donors (Lipinski definition) is 2. The molecule has 0 saturated carbocycles. The molecule has 2 aromatic rings. The summed E-state index contributed by atoms with van der Waals surface area (Å²) >= 11 is 5.85. The maximum Gasteiger partial charge on any atom is 0.417 e. The molecule has 0 bridgehead atoms. The standard InChI is InChI=1S/C20H18ClF3N4O3/c1-30-14-4-2-13(3-5-14)25-7-6-18(29)17-9-15(31-28-17)11-27-19-16(21)8-12(10-26-19)20(22,23)24/h2-8,10,15,25H,9,11H2,1H3,(H,26,27)/b7-6+/t15-/m1/s1. The van der Waals surface area contributed by atoms with E-state index in [4.69, 9.17) is 21.2 Å². The number of pyridine rings is 1. The topological polar surface area (TPSA) is 84.8 Å². The summed E-state index contributed by atoms with van der Waals surface area (Å²) in [5.74, 6) is 0.478. The molecule has 0 spiro atoms. The fraction of sp³-hybridized carbons (Fsp3) is 0.250. The fourth-order valence-corrected chi connectivity index (χ4v) is 2.85. The number of aromatic nitrogens is 1. The molecular weight excluding hydrogens is 437 g/mol. The molecule has 0 unspecified atom stereocenters. The smallest absolute Gasteiger partial charge is 0.417 e. The summed E-state index contributed by atoms with van der Waals surface area (Å²) in [5, 5.41) is 9.37. The summed E-state index contributed by atoms with van der Waals surface area (Å²) in [4.78, 5) is 21.1. The van der Waals surface area contributed by atoms with Gasteiger partial charge < -0.3 is 20.2 Å². The Labute approximate surface area is 180 Å². The fourth-order valence-electron chi connectivity index (χ4n) is 2.61. The highest BCUT2D eigenvalue weighted by atomic mass is 35.5. The number of ketones is 1. The van der Waals surface area contributed by atoms with Crippen molar-refractivity contribution >= 4 is 34.6 Å². The van der Waals surface area contributed by atoms with E-state index in [1.807, 2.05) is 0 Å².